The van der Waals surface area contributed by atoms with Gasteiger partial charge in [0.25, 0.3) is 0 Å². The van der Waals surface area contributed by atoms with E-state index in [0.717, 1.165) is 0 Å². The van der Waals surface area contributed by atoms with E-state index in [9.17, 15) is 15.0 Å². The van der Waals surface area contributed by atoms with Crippen molar-refractivity contribution < 1.29 is 20.1 Å². The van der Waals surface area contributed by atoms with E-state index >= 15 is 0 Å². The van der Waals surface area contributed by atoms with Crippen molar-refractivity contribution in [2.75, 3.05) is 5.33 Å². The summed E-state index contributed by atoms with van der Waals surface area (Å²) in [5.41, 5.74) is -0.137. The van der Waals surface area contributed by atoms with Crippen LogP contribution < -0.4 is 0 Å². The van der Waals surface area contributed by atoms with Crippen molar-refractivity contribution in [3.63, 3.8) is 0 Å². The van der Waals surface area contributed by atoms with Crippen LogP contribution in [-0.4, -0.2) is 37.7 Å². The van der Waals surface area contributed by atoms with Crippen molar-refractivity contribution >= 4 is 21.9 Å². The predicted octanol–water partition coefficient (Wildman–Crippen LogP) is 0.569. The van der Waals surface area contributed by atoms with Crippen LogP contribution in [-0.2, 0) is 0 Å². The highest BCUT2D eigenvalue weighted by atomic mass is 79.9. The molecule has 2 unspecified atom stereocenters. The molecule has 6 heteroatoms. The van der Waals surface area contributed by atoms with Gasteiger partial charge >= 0.3 is 5.97 Å². The highest BCUT2D eigenvalue weighted by Crippen LogP contribution is 2.19. The van der Waals surface area contributed by atoms with E-state index in [1.807, 2.05) is 0 Å². The molecule has 0 aliphatic heterocycles. The number of carbonyl (C=O) groups is 1. The zero-order valence-corrected chi connectivity index (χ0v) is 9.25. The molecule has 82 valence electrons. The van der Waals surface area contributed by atoms with Gasteiger partial charge in [0.2, 0.25) is 0 Å². The average Bonchev–Trinajstić information content (AvgIpc) is 2.27. The fourth-order valence-electron chi connectivity index (χ4n) is 1.10. The van der Waals surface area contributed by atoms with Gasteiger partial charge in [0.15, 0.2) is 0 Å². The van der Waals surface area contributed by atoms with Gasteiger partial charge in [-0.1, -0.05) is 15.9 Å². The molecule has 0 bridgehead atoms. The Balaban J connectivity index is 3.07. The Bertz CT molecular complexity index is 358. The Hall–Kier alpha value is -0.980. The number of aromatic nitrogens is 1. The fraction of sp³-hybridized carbons (Fsp3) is 0.333. The monoisotopic (exact) mass is 275 g/mol. The molecule has 0 aliphatic rings. The molecule has 0 amide bonds. The number of nitrogens with zero attached hydrogens (tertiary/aromatic N) is 1. The number of pyridine rings is 1. The molecule has 0 saturated heterocycles. The van der Waals surface area contributed by atoms with Crippen LogP contribution in [0.15, 0.2) is 18.3 Å². The first kappa shape index (κ1) is 12.1. The van der Waals surface area contributed by atoms with E-state index in [-0.39, 0.29) is 16.6 Å². The molecule has 2 atom stereocenters. The summed E-state index contributed by atoms with van der Waals surface area (Å²) in [7, 11) is 0. The van der Waals surface area contributed by atoms with Gasteiger partial charge in [0.1, 0.15) is 6.10 Å². The molecule has 0 saturated carbocycles. The van der Waals surface area contributed by atoms with E-state index in [4.69, 9.17) is 5.11 Å². The van der Waals surface area contributed by atoms with Gasteiger partial charge < -0.3 is 15.3 Å². The summed E-state index contributed by atoms with van der Waals surface area (Å²) >= 11 is 2.99. The minimum Gasteiger partial charge on any atom is -0.478 e. The second-order valence-corrected chi connectivity index (χ2v) is 3.56. The standard InChI is InChI=1S/C9H10BrNO4/c10-4-6(12)8(13)7-5(9(14)15)2-1-3-11-7/h1-3,6,8,12-13H,4H2,(H,14,15). The lowest BCUT2D eigenvalue weighted by Gasteiger charge is -2.16. The Labute approximate surface area is 94.5 Å². The first-order valence-corrected chi connectivity index (χ1v) is 5.30. The second kappa shape index (κ2) is 5.20. The van der Waals surface area contributed by atoms with Gasteiger partial charge in [-0.15, -0.1) is 0 Å². The van der Waals surface area contributed by atoms with Crippen LogP contribution in [0.2, 0.25) is 0 Å². The smallest absolute Gasteiger partial charge is 0.337 e. The average molecular weight is 276 g/mol. The maximum absolute atomic E-state index is 10.8. The Morgan fingerprint density at radius 3 is 2.73 bits per heavy atom. The van der Waals surface area contributed by atoms with E-state index in [2.05, 4.69) is 20.9 Å². The molecule has 1 rings (SSSR count). The Kier molecular flexibility index (Phi) is 4.19. The predicted molar refractivity (Wildman–Crippen MR) is 56.0 cm³/mol. The van der Waals surface area contributed by atoms with Crippen molar-refractivity contribution in [1.29, 1.82) is 0 Å². The lowest BCUT2D eigenvalue weighted by atomic mass is 10.1. The van der Waals surface area contributed by atoms with Crippen LogP contribution in [0.5, 0.6) is 0 Å². The van der Waals surface area contributed by atoms with Crippen molar-refractivity contribution in [2.45, 2.75) is 12.2 Å². The van der Waals surface area contributed by atoms with Gasteiger partial charge in [-0.25, -0.2) is 4.79 Å². The lowest BCUT2D eigenvalue weighted by Crippen LogP contribution is -2.22. The van der Waals surface area contributed by atoms with Gasteiger partial charge in [-0.05, 0) is 12.1 Å². The molecule has 0 aliphatic carbocycles. The van der Waals surface area contributed by atoms with E-state index in [1.165, 1.54) is 18.3 Å². The van der Waals surface area contributed by atoms with Gasteiger partial charge in [-0.3, -0.25) is 4.98 Å². The zero-order valence-electron chi connectivity index (χ0n) is 7.67. The normalized spacial score (nSPS) is 14.6. The van der Waals surface area contributed by atoms with Crippen molar-refractivity contribution in [3.8, 4) is 0 Å². The molecular weight excluding hydrogens is 266 g/mol. The second-order valence-electron chi connectivity index (χ2n) is 2.91. The number of aliphatic hydroxyl groups excluding tert-OH is 2. The number of alkyl halides is 1. The lowest BCUT2D eigenvalue weighted by molar-refractivity contribution is 0.0300. The largest absolute Gasteiger partial charge is 0.478 e. The molecule has 15 heavy (non-hydrogen) atoms. The van der Waals surface area contributed by atoms with Gasteiger partial charge in [-0.2, -0.15) is 0 Å². The Morgan fingerprint density at radius 2 is 2.20 bits per heavy atom. The molecule has 3 N–H and O–H groups in total. The maximum Gasteiger partial charge on any atom is 0.337 e. The number of carboxylic acids is 1. The number of carboxylic acid groups (broad SMARTS) is 1. The van der Waals surface area contributed by atoms with E-state index in [0.29, 0.717) is 0 Å². The van der Waals surface area contributed by atoms with E-state index < -0.39 is 18.2 Å². The minimum atomic E-state index is -1.31. The van der Waals surface area contributed by atoms with Crippen LogP contribution in [0, 0.1) is 0 Å². The number of aromatic carboxylic acids is 1. The zero-order chi connectivity index (χ0) is 11.4. The SMILES string of the molecule is O=C(O)c1cccnc1C(O)C(O)CBr. The van der Waals surface area contributed by atoms with Gasteiger partial charge in [0, 0.05) is 11.5 Å². The highest BCUT2D eigenvalue weighted by Gasteiger charge is 2.23. The van der Waals surface area contributed by atoms with Crippen molar-refractivity contribution in [2.24, 2.45) is 0 Å². The first-order chi connectivity index (χ1) is 7.07. The Morgan fingerprint density at radius 1 is 1.53 bits per heavy atom. The third-order valence-corrected chi connectivity index (χ3v) is 2.54. The first-order valence-electron chi connectivity index (χ1n) is 4.18. The minimum absolute atomic E-state index is 0.0306. The molecule has 1 aromatic rings. The molecule has 0 spiro atoms. The number of halogens is 1. The summed E-state index contributed by atoms with van der Waals surface area (Å²) in [6, 6.07) is 2.79. The topological polar surface area (TPSA) is 90.7 Å². The summed E-state index contributed by atoms with van der Waals surface area (Å²) < 4.78 is 0. The molecule has 0 aromatic carbocycles. The fourth-order valence-corrected chi connectivity index (χ4v) is 1.45. The quantitative estimate of drug-likeness (QED) is 0.699. The molecule has 0 fully saturated rings. The summed E-state index contributed by atoms with van der Waals surface area (Å²) in [6.45, 7) is 0. The number of hydrogen-bond donors (Lipinski definition) is 3. The van der Waals surface area contributed by atoms with Crippen LogP contribution in [0.3, 0.4) is 0 Å². The van der Waals surface area contributed by atoms with E-state index in [1.54, 1.807) is 0 Å². The van der Waals surface area contributed by atoms with Crippen LogP contribution in [0.25, 0.3) is 0 Å². The third-order valence-electron chi connectivity index (χ3n) is 1.87. The third kappa shape index (κ3) is 2.74. The van der Waals surface area contributed by atoms with Crippen LogP contribution in [0.4, 0.5) is 0 Å². The summed E-state index contributed by atoms with van der Waals surface area (Å²) in [6.07, 6.45) is -1.03. The molecule has 1 heterocycles. The molecule has 0 radical (unpaired) electrons. The van der Waals surface area contributed by atoms with Crippen molar-refractivity contribution in [1.82, 2.24) is 4.98 Å². The highest BCUT2D eigenvalue weighted by molar-refractivity contribution is 9.09. The summed E-state index contributed by atoms with van der Waals surface area (Å²) in [5, 5.41) is 27.9. The molecule has 5 nitrogen and oxygen atoms in total. The number of rotatable bonds is 4. The number of aliphatic hydroxyl groups is 2. The summed E-state index contributed by atoms with van der Waals surface area (Å²) in [5.74, 6) is -1.18. The molecule has 1 aromatic heterocycles. The van der Waals surface area contributed by atoms with Crippen LogP contribution >= 0.6 is 15.9 Å². The van der Waals surface area contributed by atoms with Crippen molar-refractivity contribution in [3.05, 3.63) is 29.6 Å². The van der Waals surface area contributed by atoms with Crippen LogP contribution in [0.1, 0.15) is 22.2 Å². The van der Waals surface area contributed by atoms with Gasteiger partial charge in [0.05, 0.1) is 17.4 Å². The maximum atomic E-state index is 10.8. The molecular formula is C9H10BrNO4. The number of hydrogen-bond acceptors (Lipinski definition) is 4. The summed E-state index contributed by atoms with van der Waals surface area (Å²) in [4.78, 5) is 14.5.